The van der Waals surface area contributed by atoms with Crippen molar-refractivity contribution in [3.05, 3.63) is 52.9 Å². The summed E-state index contributed by atoms with van der Waals surface area (Å²) >= 11 is 1.54. The van der Waals surface area contributed by atoms with Gasteiger partial charge in [0.05, 0.1) is 30.1 Å². The maximum atomic E-state index is 13.0. The van der Waals surface area contributed by atoms with E-state index in [9.17, 15) is 4.79 Å². The summed E-state index contributed by atoms with van der Waals surface area (Å²) in [7, 11) is 0. The van der Waals surface area contributed by atoms with E-state index in [-0.39, 0.29) is 5.91 Å². The van der Waals surface area contributed by atoms with Crippen LogP contribution in [0.5, 0.6) is 0 Å². The first-order valence-corrected chi connectivity index (χ1v) is 11.9. The van der Waals surface area contributed by atoms with E-state index >= 15 is 0 Å². The van der Waals surface area contributed by atoms with Crippen molar-refractivity contribution in [3.8, 4) is 11.1 Å². The molecule has 5 heterocycles. The molecule has 5 aromatic rings. The smallest absolute Gasteiger partial charge is 0.275 e. The molecule has 0 aliphatic carbocycles. The number of hydrogen-bond donors (Lipinski definition) is 3. The van der Waals surface area contributed by atoms with Crippen molar-refractivity contribution in [2.45, 2.75) is 25.8 Å². The van der Waals surface area contributed by atoms with Crippen LogP contribution in [0, 0.1) is 0 Å². The minimum absolute atomic E-state index is 0.223. The summed E-state index contributed by atoms with van der Waals surface area (Å²) in [5.74, 6) is -0.223. The van der Waals surface area contributed by atoms with Gasteiger partial charge in [0.2, 0.25) is 0 Å². The molecule has 10 heteroatoms. The third kappa shape index (κ3) is 3.98. The molecular formula is C23H22N8OS. The Labute approximate surface area is 193 Å². The lowest BCUT2D eigenvalue weighted by atomic mass is 10.0. The van der Waals surface area contributed by atoms with Crippen LogP contribution in [0.15, 0.2) is 42.2 Å². The van der Waals surface area contributed by atoms with Crippen LogP contribution in [-0.2, 0) is 6.54 Å². The van der Waals surface area contributed by atoms with Gasteiger partial charge >= 0.3 is 0 Å². The second-order valence-corrected chi connectivity index (χ2v) is 9.25. The number of H-pyrrole nitrogens is 2. The first kappa shape index (κ1) is 20.0. The van der Waals surface area contributed by atoms with Crippen molar-refractivity contribution in [3.63, 3.8) is 0 Å². The number of likely N-dealkylation sites (tertiary alicyclic amines) is 1. The predicted octanol–water partition coefficient (Wildman–Crippen LogP) is 4.20. The van der Waals surface area contributed by atoms with Gasteiger partial charge in [0.15, 0.2) is 5.65 Å². The Morgan fingerprint density at radius 2 is 1.91 bits per heavy atom. The van der Waals surface area contributed by atoms with E-state index in [1.54, 1.807) is 29.9 Å². The molecule has 1 aliphatic rings. The molecule has 1 aliphatic heterocycles. The van der Waals surface area contributed by atoms with Crippen molar-refractivity contribution in [1.82, 2.24) is 35.3 Å². The molecule has 9 nitrogen and oxygen atoms in total. The van der Waals surface area contributed by atoms with E-state index in [1.807, 2.05) is 23.6 Å². The second-order valence-electron chi connectivity index (χ2n) is 8.30. The van der Waals surface area contributed by atoms with Crippen LogP contribution >= 0.6 is 11.3 Å². The van der Waals surface area contributed by atoms with Gasteiger partial charge in [0.25, 0.3) is 5.91 Å². The molecular weight excluding hydrogens is 436 g/mol. The van der Waals surface area contributed by atoms with Crippen molar-refractivity contribution in [2.75, 3.05) is 18.4 Å². The Kier molecular flexibility index (Phi) is 5.08. The number of aromatic amines is 2. The zero-order chi connectivity index (χ0) is 22.2. The van der Waals surface area contributed by atoms with Gasteiger partial charge in [-0.1, -0.05) is 6.42 Å². The number of rotatable bonds is 5. The van der Waals surface area contributed by atoms with Crippen LogP contribution in [0.1, 0.15) is 34.8 Å². The van der Waals surface area contributed by atoms with Gasteiger partial charge in [-0.15, -0.1) is 11.3 Å². The third-order valence-electron chi connectivity index (χ3n) is 6.02. The molecule has 1 amide bonds. The van der Waals surface area contributed by atoms with Crippen LogP contribution in [0.4, 0.5) is 5.69 Å². The number of carbonyl (C=O) groups is 1. The number of benzene rings is 1. The molecule has 0 bridgehead atoms. The Bertz CT molecular complexity index is 1450. The van der Waals surface area contributed by atoms with Gasteiger partial charge in [-0.3, -0.25) is 19.9 Å². The molecule has 0 atom stereocenters. The Balaban J connectivity index is 1.27. The fourth-order valence-corrected chi connectivity index (χ4v) is 5.11. The number of hydrogen-bond acceptors (Lipinski definition) is 7. The summed E-state index contributed by atoms with van der Waals surface area (Å²) in [5, 5.41) is 21.7. The molecule has 166 valence electrons. The Hall–Kier alpha value is -3.63. The number of piperidine rings is 1. The maximum Gasteiger partial charge on any atom is 0.275 e. The number of nitrogens with zero attached hydrogens (tertiary/aromatic N) is 5. The van der Waals surface area contributed by atoms with Crippen LogP contribution in [0.25, 0.3) is 33.1 Å². The summed E-state index contributed by atoms with van der Waals surface area (Å²) in [4.78, 5) is 24.5. The fraction of sp³-hybridized carbons (Fsp3) is 0.261. The number of aromatic nitrogens is 6. The standard InChI is InChI=1S/C23H22N8OS/c32-23(20-13-33-21(27-20)12-31-4-2-1-3-5-31)28-18-7-14(8-19-17(18)11-26-29-19)15-6-16-10-25-30-22(16)24-9-15/h6-11,13H,1-5,12H2,(H,26,29)(H,28,32)(H,24,25,30). The molecule has 1 aromatic carbocycles. The van der Waals surface area contributed by atoms with E-state index in [0.29, 0.717) is 11.4 Å². The lowest BCUT2D eigenvalue weighted by Gasteiger charge is -2.25. The fourth-order valence-electron chi connectivity index (χ4n) is 4.30. The van der Waals surface area contributed by atoms with Crippen LogP contribution in [0.3, 0.4) is 0 Å². The van der Waals surface area contributed by atoms with Gasteiger partial charge < -0.3 is 5.32 Å². The van der Waals surface area contributed by atoms with Crippen LogP contribution < -0.4 is 5.32 Å². The number of anilines is 1. The van der Waals surface area contributed by atoms with Crippen LogP contribution in [0.2, 0.25) is 0 Å². The van der Waals surface area contributed by atoms with Crippen LogP contribution in [-0.4, -0.2) is 54.3 Å². The quantitative estimate of drug-likeness (QED) is 0.364. The number of pyridine rings is 1. The number of carbonyl (C=O) groups excluding carboxylic acids is 1. The molecule has 33 heavy (non-hydrogen) atoms. The normalized spacial score (nSPS) is 14.8. The average molecular weight is 459 g/mol. The topological polar surface area (TPSA) is 115 Å². The second kappa shape index (κ2) is 8.38. The van der Waals surface area contributed by atoms with E-state index in [2.05, 4.69) is 40.6 Å². The summed E-state index contributed by atoms with van der Waals surface area (Å²) < 4.78 is 0. The highest BCUT2D eigenvalue weighted by Gasteiger charge is 2.17. The first-order valence-electron chi connectivity index (χ1n) is 11.0. The van der Waals surface area contributed by atoms with Gasteiger partial charge in [0.1, 0.15) is 10.7 Å². The Morgan fingerprint density at radius 1 is 1.03 bits per heavy atom. The lowest BCUT2D eigenvalue weighted by molar-refractivity contribution is 0.102. The largest absolute Gasteiger partial charge is 0.320 e. The van der Waals surface area contributed by atoms with E-state index < -0.39 is 0 Å². The third-order valence-corrected chi connectivity index (χ3v) is 6.86. The number of amides is 1. The first-order chi connectivity index (χ1) is 16.2. The molecule has 6 rings (SSSR count). The van der Waals surface area contributed by atoms with E-state index in [0.717, 1.165) is 57.7 Å². The Morgan fingerprint density at radius 3 is 2.82 bits per heavy atom. The predicted molar refractivity (Wildman–Crippen MR) is 128 cm³/mol. The minimum atomic E-state index is -0.223. The van der Waals surface area contributed by atoms with Gasteiger partial charge in [-0.25, -0.2) is 9.97 Å². The SMILES string of the molecule is O=C(Nc1cc(-c2cnc3[nH]ncc3c2)cc2[nH]ncc12)c1csc(CN2CCCCC2)n1. The highest BCUT2D eigenvalue weighted by molar-refractivity contribution is 7.09. The molecule has 0 spiro atoms. The minimum Gasteiger partial charge on any atom is -0.320 e. The number of nitrogens with one attached hydrogen (secondary N) is 3. The molecule has 1 saturated heterocycles. The molecule has 0 unspecified atom stereocenters. The highest BCUT2D eigenvalue weighted by atomic mass is 32.1. The van der Waals surface area contributed by atoms with E-state index in [1.165, 1.54) is 19.3 Å². The summed E-state index contributed by atoms with van der Waals surface area (Å²) in [6.07, 6.45) is 9.02. The monoisotopic (exact) mass is 458 g/mol. The molecule has 0 radical (unpaired) electrons. The van der Waals surface area contributed by atoms with Gasteiger partial charge in [-0.2, -0.15) is 10.2 Å². The molecule has 1 fully saturated rings. The average Bonchev–Trinajstić information content (AvgIpc) is 3.59. The summed E-state index contributed by atoms with van der Waals surface area (Å²) in [6.45, 7) is 3.01. The van der Waals surface area contributed by atoms with Gasteiger partial charge in [-0.05, 0) is 49.7 Å². The zero-order valence-electron chi connectivity index (χ0n) is 17.8. The molecule has 3 N–H and O–H groups in total. The number of thiazole rings is 1. The zero-order valence-corrected chi connectivity index (χ0v) is 18.7. The van der Waals surface area contributed by atoms with Crippen molar-refractivity contribution in [1.29, 1.82) is 0 Å². The highest BCUT2D eigenvalue weighted by Crippen LogP contribution is 2.31. The van der Waals surface area contributed by atoms with E-state index in [4.69, 9.17) is 0 Å². The summed E-state index contributed by atoms with van der Waals surface area (Å²) in [6, 6.07) is 5.96. The van der Waals surface area contributed by atoms with Crippen molar-refractivity contribution in [2.24, 2.45) is 0 Å². The van der Waals surface area contributed by atoms with Gasteiger partial charge in [0, 0.05) is 27.9 Å². The summed E-state index contributed by atoms with van der Waals surface area (Å²) in [5.41, 5.74) is 4.53. The van der Waals surface area contributed by atoms with Crippen molar-refractivity contribution < 1.29 is 4.79 Å². The number of fused-ring (bicyclic) bond motifs is 2. The maximum absolute atomic E-state index is 13.0. The molecule has 0 saturated carbocycles. The van der Waals surface area contributed by atoms with Crippen molar-refractivity contribution >= 4 is 44.9 Å². The molecule has 4 aromatic heterocycles. The lowest BCUT2D eigenvalue weighted by Crippen LogP contribution is -2.29.